The van der Waals surface area contributed by atoms with Crippen molar-refractivity contribution in [3.05, 3.63) is 57.8 Å². The van der Waals surface area contributed by atoms with Gasteiger partial charge in [0.05, 0.1) is 12.5 Å². The van der Waals surface area contributed by atoms with E-state index in [1.165, 1.54) is 33.8 Å². The SMILES string of the molecule is Cc1cc(=O)c(C(=O)N2CCSCC2CC(=O)O)nn1-c1ccccc1F. The molecule has 1 atom stereocenters. The number of carbonyl (C=O) groups excluding carboxylic acids is 1. The molecule has 2 heterocycles. The van der Waals surface area contributed by atoms with Crippen LogP contribution in [0.3, 0.4) is 0 Å². The zero-order valence-electron chi connectivity index (χ0n) is 14.6. The minimum atomic E-state index is -1.01. The summed E-state index contributed by atoms with van der Waals surface area (Å²) in [6.45, 7) is 1.93. The van der Waals surface area contributed by atoms with E-state index in [1.807, 2.05) is 0 Å². The van der Waals surface area contributed by atoms with Crippen LogP contribution in [0.1, 0.15) is 22.6 Å². The summed E-state index contributed by atoms with van der Waals surface area (Å²) in [6.07, 6.45) is -0.202. The van der Waals surface area contributed by atoms with Gasteiger partial charge in [-0.15, -0.1) is 0 Å². The Labute approximate surface area is 158 Å². The highest BCUT2D eigenvalue weighted by Crippen LogP contribution is 2.21. The van der Waals surface area contributed by atoms with Gasteiger partial charge in [-0.2, -0.15) is 16.9 Å². The van der Waals surface area contributed by atoms with Crippen molar-refractivity contribution in [1.29, 1.82) is 0 Å². The summed E-state index contributed by atoms with van der Waals surface area (Å²) in [4.78, 5) is 37.8. The van der Waals surface area contributed by atoms with E-state index in [0.717, 1.165) is 0 Å². The molecule has 1 aliphatic heterocycles. The van der Waals surface area contributed by atoms with Gasteiger partial charge in [0.25, 0.3) is 5.91 Å². The Hall–Kier alpha value is -2.68. The average molecular weight is 391 g/mol. The lowest BCUT2D eigenvalue weighted by Crippen LogP contribution is -2.48. The number of aryl methyl sites for hydroxylation is 1. The monoisotopic (exact) mass is 391 g/mol. The number of para-hydroxylation sites is 1. The number of hydrogen-bond acceptors (Lipinski definition) is 5. The number of thioether (sulfide) groups is 1. The lowest BCUT2D eigenvalue weighted by molar-refractivity contribution is -0.138. The van der Waals surface area contributed by atoms with Crippen LogP contribution in [-0.4, -0.2) is 55.8 Å². The molecule has 27 heavy (non-hydrogen) atoms. The molecule has 0 saturated carbocycles. The van der Waals surface area contributed by atoms with Crippen LogP contribution in [0.5, 0.6) is 0 Å². The minimum absolute atomic E-state index is 0.125. The molecule has 9 heteroatoms. The number of amides is 1. The summed E-state index contributed by atoms with van der Waals surface area (Å²) >= 11 is 1.56. The Morgan fingerprint density at radius 2 is 2.11 bits per heavy atom. The van der Waals surface area contributed by atoms with Gasteiger partial charge in [0.1, 0.15) is 11.5 Å². The first-order valence-corrected chi connectivity index (χ1v) is 9.50. The average Bonchev–Trinajstić information content (AvgIpc) is 2.62. The molecule has 1 fully saturated rings. The molecule has 0 aliphatic carbocycles. The maximum atomic E-state index is 14.1. The Kier molecular flexibility index (Phi) is 5.59. The quantitative estimate of drug-likeness (QED) is 0.853. The molecule has 142 valence electrons. The number of carbonyl (C=O) groups is 2. The molecule has 1 amide bonds. The molecule has 1 aromatic carbocycles. The smallest absolute Gasteiger partial charge is 0.305 e. The van der Waals surface area contributed by atoms with E-state index in [4.69, 9.17) is 5.11 Å². The van der Waals surface area contributed by atoms with Gasteiger partial charge in [0.2, 0.25) is 5.43 Å². The molecule has 0 spiro atoms. The largest absolute Gasteiger partial charge is 0.481 e. The Balaban J connectivity index is 2.02. The van der Waals surface area contributed by atoms with Crippen molar-refractivity contribution < 1.29 is 19.1 Å². The van der Waals surface area contributed by atoms with Gasteiger partial charge >= 0.3 is 5.97 Å². The number of aliphatic carboxylic acids is 1. The van der Waals surface area contributed by atoms with Crippen LogP contribution in [0.25, 0.3) is 5.69 Å². The number of benzene rings is 1. The van der Waals surface area contributed by atoms with Crippen LogP contribution in [0.4, 0.5) is 4.39 Å². The zero-order valence-corrected chi connectivity index (χ0v) is 15.4. The molecule has 0 bridgehead atoms. The molecule has 3 rings (SSSR count). The first-order chi connectivity index (χ1) is 12.9. The van der Waals surface area contributed by atoms with Crippen molar-refractivity contribution in [1.82, 2.24) is 14.7 Å². The van der Waals surface area contributed by atoms with E-state index in [0.29, 0.717) is 23.7 Å². The summed E-state index contributed by atoms with van der Waals surface area (Å²) < 4.78 is 15.4. The first kappa shape index (κ1) is 19.1. The highest BCUT2D eigenvalue weighted by Gasteiger charge is 2.32. The maximum Gasteiger partial charge on any atom is 0.305 e. The molecular formula is C18H18FN3O4S. The van der Waals surface area contributed by atoms with Crippen molar-refractivity contribution in [2.75, 3.05) is 18.1 Å². The van der Waals surface area contributed by atoms with Gasteiger partial charge in [-0.1, -0.05) is 12.1 Å². The van der Waals surface area contributed by atoms with E-state index in [-0.39, 0.29) is 17.8 Å². The fourth-order valence-electron chi connectivity index (χ4n) is 2.99. The minimum Gasteiger partial charge on any atom is -0.481 e. The summed E-state index contributed by atoms with van der Waals surface area (Å²) in [7, 11) is 0. The maximum absolute atomic E-state index is 14.1. The second kappa shape index (κ2) is 7.91. The molecule has 7 nitrogen and oxygen atoms in total. The lowest BCUT2D eigenvalue weighted by atomic mass is 10.1. The topological polar surface area (TPSA) is 92.5 Å². The predicted octanol–water partition coefficient (Wildman–Crippen LogP) is 1.71. The number of rotatable bonds is 4. The molecule has 1 aliphatic rings. The van der Waals surface area contributed by atoms with Crippen molar-refractivity contribution in [3.63, 3.8) is 0 Å². The summed E-state index contributed by atoms with van der Waals surface area (Å²) in [5.41, 5.74) is -0.401. The van der Waals surface area contributed by atoms with Crippen molar-refractivity contribution in [3.8, 4) is 5.69 Å². The molecule has 2 aromatic rings. The molecule has 1 saturated heterocycles. The van der Waals surface area contributed by atoms with Gasteiger partial charge in [-0.3, -0.25) is 14.4 Å². The first-order valence-electron chi connectivity index (χ1n) is 8.35. The van der Waals surface area contributed by atoms with Gasteiger partial charge < -0.3 is 10.0 Å². The van der Waals surface area contributed by atoms with Gasteiger partial charge in [0.15, 0.2) is 5.69 Å². The third-order valence-electron chi connectivity index (χ3n) is 4.29. The van der Waals surface area contributed by atoms with Crippen molar-refractivity contribution in [2.45, 2.75) is 19.4 Å². The van der Waals surface area contributed by atoms with Crippen LogP contribution in [0.2, 0.25) is 0 Å². The number of nitrogens with zero attached hydrogens (tertiary/aromatic N) is 3. The fourth-order valence-corrected chi connectivity index (χ4v) is 4.05. The number of aromatic nitrogens is 2. The van der Waals surface area contributed by atoms with Crippen LogP contribution in [-0.2, 0) is 4.79 Å². The predicted molar refractivity (Wildman–Crippen MR) is 98.9 cm³/mol. The lowest BCUT2D eigenvalue weighted by Gasteiger charge is -2.34. The zero-order chi connectivity index (χ0) is 19.6. The number of carboxylic acids is 1. The Morgan fingerprint density at radius 3 is 2.81 bits per heavy atom. The van der Waals surface area contributed by atoms with Crippen LogP contribution in [0, 0.1) is 12.7 Å². The van der Waals surface area contributed by atoms with Crippen LogP contribution >= 0.6 is 11.8 Å². The number of halogens is 1. The normalized spacial score (nSPS) is 17.0. The van der Waals surface area contributed by atoms with E-state index in [9.17, 15) is 18.8 Å². The van der Waals surface area contributed by atoms with E-state index < -0.39 is 29.2 Å². The van der Waals surface area contributed by atoms with Crippen molar-refractivity contribution >= 4 is 23.6 Å². The van der Waals surface area contributed by atoms with Gasteiger partial charge in [0, 0.05) is 29.8 Å². The van der Waals surface area contributed by atoms with Crippen molar-refractivity contribution in [2.24, 2.45) is 0 Å². The van der Waals surface area contributed by atoms with Gasteiger partial charge in [-0.05, 0) is 19.1 Å². The standard InChI is InChI=1S/C18H18FN3O4S/c1-11-8-15(23)17(20-22(11)14-5-3-2-4-13(14)19)18(26)21-6-7-27-10-12(21)9-16(24)25/h2-5,8,12H,6-7,9-10H2,1H3,(H,24,25). The van der Waals surface area contributed by atoms with Crippen LogP contribution in [0.15, 0.2) is 35.1 Å². The highest BCUT2D eigenvalue weighted by atomic mass is 32.2. The highest BCUT2D eigenvalue weighted by molar-refractivity contribution is 7.99. The number of carboxylic acid groups (broad SMARTS) is 1. The Morgan fingerprint density at radius 1 is 1.37 bits per heavy atom. The van der Waals surface area contributed by atoms with Crippen LogP contribution < -0.4 is 5.43 Å². The second-order valence-electron chi connectivity index (χ2n) is 6.19. The molecular weight excluding hydrogens is 373 g/mol. The van der Waals surface area contributed by atoms with E-state index >= 15 is 0 Å². The third kappa shape index (κ3) is 4.02. The Bertz CT molecular complexity index is 946. The fraction of sp³-hybridized carbons (Fsp3) is 0.333. The number of hydrogen-bond donors (Lipinski definition) is 1. The second-order valence-corrected chi connectivity index (χ2v) is 7.34. The third-order valence-corrected chi connectivity index (χ3v) is 5.38. The van der Waals surface area contributed by atoms with Gasteiger partial charge in [-0.25, -0.2) is 9.07 Å². The molecule has 1 aromatic heterocycles. The molecule has 1 unspecified atom stereocenters. The molecule has 1 N–H and O–H groups in total. The molecule has 0 radical (unpaired) electrons. The summed E-state index contributed by atoms with van der Waals surface area (Å²) in [5.74, 6) is -1.05. The summed E-state index contributed by atoms with van der Waals surface area (Å²) in [6, 6.07) is 6.64. The van der Waals surface area contributed by atoms with E-state index in [1.54, 1.807) is 24.8 Å². The summed E-state index contributed by atoms with van der Waals surface area (Å²) in [5, 5.41) is 13.2. The van der Waals surface area contributed by atoms with E-state index in [2.05, 4.69) is 5.10 Å².